The predicted molar refractivity (Wildman–Crippen MR) is 73.1 cm³/mol. The summed E-state index contributed by atoms with van der Waals surface area (Å²) in [6.07, 6.45) is 1.48. The molecule has 2 N–H and O–H groups in total. The average molecular weight is 271 g/mol. The van der Waals surface area contributed by atoms with Crippen LogP contribution in [0.4, 0.5) is 4.79 Å². The van der Waals surface area contributed by atoms with Gasteiger partial charge in [-0.1, -0.05) is 6.92 Å². The van der Waals surface area contributed by atoms with Gasteiger partial charge in [0, 0.05) is 32.1 Å². The summed E-state index contributed by atoms with van der Waals surface area (Å²) < 4.78 is 0. The van der Waals surface area contributed by atoms with Crippen molar-refractivity contribution >= 4 is 12.0 Å². The highest BCUT2D eigenvalue weighted by Gasteiger charge is 2.33. The Balaban J connectivity index is 2.22. The number of likely N-dealkylation sites (N-methyl/N-ethyl adjacent to an activating group) is 1. The number of likely N-dealkylation sites (tertiary alicyclic amines) is 1. The number of carbonyl (C=O) groups is 2. The van der Waals surface area contributed by atoms with Crippen molar-refractivity contribution in [3.63, 3.8) is 0 Å². The Labute approximate surface area is 114 Å². The van der Waals surface area contributed by atoms with Crippen molar-refractivity contribution in [2.75, 3.05) is 33.7 Å². The molecule has 1 aliphatic rings. The molecule has 0 spiro atoms. The Kier molecular flexibility index (Phi) is 6.08. The van der Waals surface area contributed by atoms with E-state index < -0.39 is 5.97 Å². The number of nitrogens with one attached hydrogen (secondary N) is 1. The Hall–Kier alpha value is -1.30. The summed E-state index contributed by atoms with van der Waals surface area (Å²) in [7, 11) is 4.07. The predicted octanol–water partition coefficient (Wildman–Crippen LogP) is 0.833. The molecular weight excluding hydrogens is 246 g/mol. The van der Waals surface area contributed by atoms with Gasteiger partial charge in [0.25, 0.3) is 0 Å². The van der Waals surface area contributed by atoms with E-state index in [1.807, 2.05) is 19.0 Å². The number of urea groups is 1. The number of aliphatic carboxylic acids is 1. The molecule has 2 amide bonds. The third-order valence-electron chi connectivity index (χ3n) is 3.62. The van der Waals surface area contributed by atoms with Crippen molar-refractivity contribution in [3.05, 3.63) is 0 Å². The number of hydrogen-bond donors (Lipinski definition) is 2. The summed E-state index contributed by atoms with van der Waals surface area (Å²) in [6.45, 7) is 4.24. The fraction of sp³-hybridized carbons (Fsp3) is 0.846. The molecule has 1 saturated heterocycles. The number of carboxylic acids is 1. The second kappa shape index (κ2) is 7.33. The molecule has 19 heavy (non-hydrogen) atoms. The lowest BCUT2D eigenvalue weighted by Gasteiger charge is -2.22. The van der Waals surface area contributed by atoms with E-state index >= 15 is 0 Å². The normalized spacial score (nSPS) is 22.8. The topological polar surface area (TPSA) is 72.9 Å². The van der Waals surface area contributed by atoms with E-state index in [-0.39, 0.29) is 12.5 Å². The largest absolute Gasteiger partial charge is 0.481 e. The fourth-order valence-corrected chi connectivity index (χ4v) is 2.50. The van der Waals surface area contributed by atoms with Gasteiger partial charge < -0.3 is 20.2 Å². The van der Waals surface area contributed by atoms with E-state index in [1.165, 1.54) is 0 Å². The van der Waals surface area contributed by atoms with Gasteiger partial charge in [-0.05, 0) is 32.9 Å². The molecule has 1 aliphatic heterocycles. The molecule has 1 heterocycles. The van der Waals surface area contributed by atoms with Crippen LogP contribution in [0.25, 0.3) is 0 Å². The Morgan fingerprint density at radius 3 is 2.53 bits per heavy atom. The lowest BCUT2D eigenvalue weighted by Crippen LogP contribution is -2.41. The number of rotatable bonds is 6. The van der Waals surface area contributed by atoms with Crippen LogP contribution in [0, 0.1) is 5.92 Å². The first-order chi connectivity index (χ1) is 8.91. The number of unbranched alkanes of at least 4 members (excludes halogenated alkanes) is 1. The maximum atomic E-state index is 11.9. The summed E-state index contributed by atoms with van der Waals surface area (Å²) in [6, 6.07) is 0.379. The van der Waals surface area contributed by atoms with E-state index in [9.17, 15) is 9.59 Å². The highest BCUT2D eigenvalue weighted by Crippen LogP contribution is 2.19. The SMILES string of the molecule is CC1CN(C(=O)NCCCCC(=O)O)CC1N(C)C. The lowest BCUT2D eigenvalue weighted by atomic mass is 10.1. The summed E-state index contributed by atoms with van der Waals surface area (Å²) in [5.74, 6) is -0.304. The highest BCUT2D eigenvalue weighted by molar-refractivity contribution is 5.74. The van der Waals surface area contributed by atoms with Gasteiger partial charge in [0.05, 0.1) is 0 Å². The summed E-state index contributed by atoms with van der Waals surface area (Å²) in [4.78, 5) is 26.3. The molecule has 0 saturated carbocycles. The molecule has 0 radical (unpaired) electrons. The smallest absolute Gasteiger partial charge is 0.317 e. The second-order valence-corrected chi connectivity index (χ2v) is 5.50. The standard InChI is InChI=1S/C13H25N3O3/c1-10-8-16(9-11(10)15(2)3)13(19)14-7-5-4-6-12(17)18/h10-11H,4-9H2,1-3H3,(H,14,19)(H,17,18). The molecule has 0 aliphatic carbocycles. The van der Waals surface area contributed by atoms with Gasteiger partial charge in [0.2, 0.25) is 0 Å². The van der Waals surface area contributed by atoms with Gasteiger partial charge in [-0.25, -0.2) is 4.79 Å². The molecule has 0 aromatic heterocycles. The zero-order chi connectivity index (χ0) is 14.4. The van der Waals surface area contributed by atoms with Crippen LogP contribution >= 0.6 is 0 Å². The van der Waals surface area contributed by atoms with Crippen LogP contribution in [0.2, 0.25) is 0 Å². The molecule has 2 atom stereocenters. The minimum atomic E-state index is -0.784. The molecule has 110 valence electrons. The van der Waals surface area contributed by atoms with Crippen LogP contribution in [0.1, 0.15) is 26.2 Å². The van der Waals surface area contributed by atoms with Gasteiger partial charge >= 0.3 is 12.0 Å². The summed E-state index contributed by atoms with van der Waals surface area (Å²) >= 11 is 0. The van der Waals surface area contributed by atoms with Crippen molar-refractivity contribution in [2.45, 2.75) is 32.2 Å². The second-order valence-electron chi connectivity index (χ2n) is 5.50. The van der Waals surface area contributed by atoms with Gasteiger partial charge in [-0.3, -0.25) is 4.79 Å². The van der Waals surface area contributed by atoms with Gasteiger partial charge in [-0.2, -0.15) is 0 Å². The number of nitrogens with zero attached hydrogens (tertiary/aromatic N) is 2. The molecule has 2 unspecified atom stereocenters. The van der Waals surface area contributed by atoms with Gasteiger partial charge in [-0.15, -0.1) is 0 Å². The number of carboxylic acid groups (broad SMARTS) is 1. The van der Waals surface area contributed by atoms with E-state index in [1.54, 1.807) is 0 Å². The maximum Gasteiger partial charge on any atom is 0.317 e. The zero-order valence-electron chi connectivity index (χ0n) is 12.1. The van der Waals surface area contributed by atoms with E-state index in [0.29, 0.717) is 31.3 Å². The van der Waals surface area contributed by atoms with Crippen LogP contribution < -0.4 is 5.32 Å². The number of carbonyl (C=O) groups excluding carboxylic acids is 1. The molecule has 0 bridgehead atoms. The third-order valence-corrected chi connectivity index (χ3v) is 3.62. The van der Waals surface area contributed by atoms with E-state index in [2.05, 4.69) is 17.1 Å². The minimum absolute atomic E-state index is 0.0356. The van der Waals surface area contributed by atoms with E-state index in [4.69, 9.17) is 5.11 Å². The number of amides is 2. The molecule has 1 fully saturated rings. The summed E-state index contributed by atoms with van der Waals surface area (Å²) in [5.41, 5.74) is 0. The minimum Gasteiger partial charge on any atom is -0.481 e. The number of hydrogen-bond acceptors (Lipinski definition) is 3. The third kappa shape index (κ3) is 5.06. The van der Waals surface area contributed by atoms with Crippen LogP contribution in [-0.4, -0.2) is 66.7 Å². The molecule has 6 heteroatoms. The molecule has 6 nitrogen and oxygen atoms in total. The first kappa shape index (κ1) is 15.8. The Morgan fingerprint density at radius 1 is 1.32 bits per heavy atom. The average Bonchev–Trinajstić information content (AvgIpc) is 2.70. The highest BCUT2D eigenvalue weighted by atomic mass is 16.4. The fourth-order valence-electron chi connectivity index (χ4n) is 2.50. The van der Waals surface area contributed by atoms with Crippen LogP contribution in [0.15, 0.2) is 0 Å². The van der Waals surface area contributed by atoms with Crippen molar-refractivity contribution in [3.8, 4) is 0 Å². The Bertz CT molecular complexity index is 320. The summed E-state index contributed by atoms with van der Waals surface area (Å²) in [5, 5.41) is 11.4. The first-order valence-corrected chi connectivity index (χ1v) is 6.82. The molecule has 0 aromatic carbocycles. The van der Waals surface area contributed by atoms with E-state index in [0.717, 1.165) is 13.1 Å². The van der Waals surface area contributed by atoms with Gasteiger partial charge in [0.1, 0.15) is 0 Å². The van der Waals surface area contributed by atoms with Crippen LogP contribution in [0.5, 0.6) is 0 Å². The molecule has 0 aromatic rings. The lowest BCUT2D eigenvalue weighted by molar-refractivity contribution is -0.137. The monoisotopic (exact) mass is 271 g/mol. The van der Waals surface area contributed by atoms with Crippen molar-refractivity contribution < 1.29 is 14.7 Å². The molecular formula is C13H25N3O3. The van der Waals surface area contributed by atoms with Crippen molar-refractivity contribution in [1.82, 2.24) is 15.1 Å². The zero-order valence-corrected chi connectivity index (χ0v) is 12.1. The van der Waals surface area contributed by atoms with Crippen molar-refractivity contribution in [2.24, 2.45) is 5.92 Å². The van der Waals surface area contributed by atoms with Crippen LogP contribution in [0.3, 0.4) is 0 Å². The first-order valence-electron chi connectivity index (χ1n) is 6.82. The van der Waals surface area contributed by atoms with Crippen molar-refractivity contribution in [1.29, 1.82) is 0 Å². The molecule has 1 rings (SSSR count). The van der Waals surface area contributed by atoms with Crippen LogP contribution in [-0.2, 0) is 4.79 Å². The Morgan fingerprint density at radius 2 is 2.00 bits per heavy atom. The van der Waals surface area contributed by atoms with Gasteiger partial charge in [0.15, 0.2) is 0 Å². The maximum absolute atomic E-state index is 11.9. The quantitative estimate of drug-likeness (QED) is 0.702.